The van der Waals surface area contributed by atoms with E-state index in [1.807, 2.05) is 0 Å². The quantitative estimate of drug-likeness (QED) is 0.724. The molecule has 0 unspecified atom stereocenters. The van der Waals surface area contributed by atoms with Gasteiger partial charge in [0.15, 0.2) is 17.6 Å². The second-order valence-electron chi connectivity index (χ2n) is 5.43. The highest BCUT2D eigenvalue weighted by Gasteiger charge is 2.25. The van der Waals surface area contributed by atoms with Gasteiger partial charge in [0.25, 0.3) is 5.91 Å². The first-order chi connectivity index (χ1) is 12.9. The standard InChI is InChI=1S/C19H20ClNO6/c1-11(18(22)21-13-7-5-6-12(20)10-13)27-19(23)14-8-9-15(24-2)17(26-4)16(14)25-3/h5-11H,1-4H3,(H,21,22)/t11-/m1/s1. The summed E-state index contributed by atoms with van der Waals surface area (Å²) < 4.78 is 20.9. The number of esters is 1. The number of carbonyl (C=O) groups excluding carboxylic acids is 2. The molecule has 0 aliphatic heterocycles. The maximum atomic E-state index is 12.5. The van der Waals surface area contributed by atoms with Gasteiger partial charge in [-0.1, -0.05) is 17.7 Å². The predicted octanol–water partition coefficient (Wildman–Crippen LogP) is 3.55. The van der Waals surface area contributed by atoms with Gasteiger partial charge in [0.1, 0.15) is 5.56 Å². The molecule has 27 heavy (non-hydrogen) atoms. The molecule has 2 aromatic rings. The van der Waals surface area contributed by atoms with E-state index in [1.165, 1.54) is 34.3 Å². The van der Waals surface area contributed by atoms with Gasteiger partial charge in [-0.05, 0) is 37.3 Å². The summed E-state index contributed by atoms with van der Waals surface area (Å²) >= 11 is 5.89. The third kappa shape index (κ3) is 4.83. The Bertz CT molecular complexity index is 839. The maximum absolute atomic E-state index is 12.5. The summed E-state index contributed by atoms with van der Waals surface area (Å²) in [5.74, 6) is -0.418. The molecule has 0 saturated carbocycles. The highest BCUT2D eigenvalue weighted by molar-refractivity contribution is 6.30. The number of amides is 1. The van der Waals surface area contributed by atoms with E-state index in [4.69, 9.17) is 30.5 Å². The van der Waals surface area contributed by atoms with Crippen molar-refractivity contribution in [2.45, 2.75) is 13.0 Å². The Morgan fingerprint density at radius 1 is 1.00 bits per heavy atom. The highest BCUT2D eigenvalue weighted by atomic mass is 35.5. The van der Waals surface area contributed by atoms with Crippen molar-refractivity contribution in [3.05, 3.63) is 47.0 Å². The molecular formula is C19H20ClNO6. The lowest BCUT2D eigenvalue weighted by Gasteiger charge is -2.17. The molecule has 1 N–H and O–H groups in total. The van der Waals surface area contributed by atoms with Crippen LogP contribution in [0.15, 0.2) is 36.4 Å². The number of benzene rings is 2. The lowest BCUT2D eigenvalue weighted by Crippen LogP contribution is -2.30. The Balaban J connectivity index is 2.15. The zero-order valence-corrected chi connectivity index (χ0v) is 16.1. The number of rotatable bonds is 7. The molecule has 0 heterocycles. The normalized spacial score (nSPS) is 11.3. The monoisotopic (exact) mass is 393 g/mol. The molecule has 1 amide bonds. The van der Waals surface area contributed by atoms with Crippen LogP contribution >= 0.6 is 11.6 Å². The van der Waals surface area contributed by atoms with Gasteiger partial charge in [0.2, 0.25) is 5.75 Å². The van der Waals surface area contributed by atoms with E-state index in [0.29, 0.717) is 16.5 Å². The fourth-order valence-corrected chi connectivity index (χ4v) is 2.54. The van der Waals surface area contributed by atoms with Crippen molar-refractivity contribution in [2.75, 3.05) is 26.6 Å². The topological polar surface area (TPSA) is 83.1 Å². The van der Waals surface area contributed by atoms with Gasteiger partial charge in [-0.25, -0.2) is 4.79 Å². The Morgan fingerprint density at radius 2 is 1.70 bits per heavy atom. The molecule has 2 rings (SSSR count). The number of anilines is 1. The molecule has 0 aromatic heterocycles. The number of halogens is 1. The van der Waals surface area contributed by atoms with E-state index in [-0.39, 0.29) is 17.1 Å². The molecule has 0 aliphatic carbocycles. The van der Waals surface area contributed by atoms with Crippen molar-refractivity contribution in [1.29, 1.82) is 0 Å². The molecule has 0 radical (unpaired) electrons. The third-order valence-electron chi connectivity index (χ3n) is 3.67. The first-order valence-corrected chi connectivity index (χ1v) is 8.35. The Hall–Kier alpha value is -2.93. The van der Waals surface area contributed by atoms with Crippen LogP contribution in [0.25, 0.3) is 0 Å². The fourth-order valence-electron chi connectivity index (χ4n) is 2.35. The van der Waals surface area contributed by atoms with Crippen molar-refractivity contribution in [1.82, 2.24) is 0 Å². The number of hydrogen-bond acceptors (Lipinski definition) is 6. The van der Waals surface area contributed by atoms with E-state index in [9.17, 15) is 9.59 Å². The predicted molar refractivity (Wildman–Crippen MR) is 101 cm³/mol. The number of methoxy groups -OCH3 is 3. The average Bonchev–Trinajstić information content (AvgIpc) is 2.66. The number of ether oxygens (including phenoxy) is 4. The van der Waals surface area contributed by atoms with E-state index in [1.54, 1.807) is 30.3 Å². The van der Waals surface area contributed by atoms with Crippen LogP contribution in [0, 0.1) is 0 Å². The van der Waals surface area contributed by atoms with Gasteiger partial charge in [-0.15, -0.1) is 0 Å². The van der Waals surface area contributed by atoms with Gasteiger partial charge in [0.05, 0.1) is 21.3 Å². The summed E-state index contributed by atoms with van der Waals surface area (Å²) in [7, 11) is 4.29. The molecular weight excluding hydrogens is 374 g/mol. The number of nitrogens with one attached hydrogen (secondary N) is 1. The van der Waals surface area contributed by atoms with Crippen LogP contribution in [0.1, 0.15) is 17.3 Å². The molecule has 2 aromatic carbocycles. The molecule has 144 valence electrons. The number of hydrogen-bond donors (Lipinski definition) is 1. The Labute approximate surface area is 162 Å². The van der Waals surface area contributed by atoms with E-state index in [2.05, 4.69) is 5.32 Å². The lowest BCUT2D eigenvalue weighted by molar-refractivity contribution is -0.123. The molecule has 8 heteroatoms. The summed E-state index contributed by atoms with van der Waals surface area (Å²) in [6.07, 6.45) is -1.05. The molecule has 0 spiro atoms. The third-order valence-corrected chi connectivity index (χ3v) is 3.90. The molecule has 1 atom stereocenters. The van der Waals surface area contributed by atoms with Gasteiger partial charge in [0, 0.05) is 10.7 Å². The van der Waals surface area contributed by atoms with E-state index < -0.39 is 18.0 Å². The minimum absolute atomic E-state index is 0.109. The summed E-state index contributed by atoms with van der Waals surface area (Å²) in [5, 5.41) is 3.11. The lowest BCUT2D eigenvalue weighted by atomic mass is 10.1. The summed E-state index contributed by atoms with van der Waals surface area (Å²) in [6.45, 7) is 1.46. The largest absolute Gasteiger partial charge is 0.493 e. The molecule has 0 fully saturated rings. The zero-order valence-electron chi connectivity index (χ0n) is 15.4. The molecule has 7 nitrogen and oxygen atoms in total. The average molecular weight is 394 g/mol. The molecule has 0 aliphatic rings. The van der Waals surface area contributed by atoms with E-state index in [0.717, 1.165) is 0 Å². The van der Waals surface area contributed by atoms with Crippen LogP contribution in [-0.4, -0.2) is 39.3 Å². The minimum atomic E-state index is -1.05. The smallest absolute Gasteiger partial charge is 0.342 e. The van der Waals surface area contributed by atoms with Crippen molar-refractivity contribution in [2.24, 2.45) is 0 Å². The SMILES string of the molecule is COc1ccc(C(=O)O[C@H](C)C(=O)Nc2cccc(Cl)c2)c(OC)c1OC. The van der Waals surface area contributed by atoms with Gasteiger partial charge in [-0.2, -0.15) is 0 Å². The highest BCUT2D eigenvalue weighted by Crippen LogP contribution is 2.40. The number of carbonyl (C=O) groups is 2. The first kappa shape index (κ1) is 20.4. The van der Waals surface area contributed by atoms with Crippen LogP contribution in [0.3, 0.4) is 0 Å². The Kier molecular flexibility index (Phi) is 6.90. The van der Waals surface area contributed by atoms with Crippen LogP contribution in [0.4, 0.5) is 5.69 Å². The fraction of sp³-hybridized carbons (Fsp3) is 0.263. The van der Waals surface area contributed by atoms with Crippen molar-refractivity contribution < 1.29 is 28.5 Å². The van der Waals surface area contributed by atoms with Gasteiger partial charge < -0.3 is 24.3 Å². The molecule has 0 bridgehead atoms. The zero-order chi connectivity index (χ0) is 20.0. The summed E-state index contributed by atoms with van der Waals surface area (Å²) in [4.78, 5) is 24.8. The van der Waals surface area contributed by atoms with Crippen molar-refractivity contribution in [3.8, 4) is 17.2 Å². The van der Waals surface area contributed by atoms with Crippen LogP contribution < -0.4 is 19.5 Å². The summed E-state index contributed by atoms with van der Waals surface area (Å²) in [5.41, 5.74) is 0.608. The van der Waals surface area contributed by atoms with Crippen molar-refractivity contribution in [3.63, 3.8) is 0 Å². The second kappa shape index (κ2) is 9.14. The van der Waals surface area contributed by atoms with Crippen molar-refractivity contribution >= 4 is 29.2 Å². The maximum Gasteiger partial charge on any atom is 0.342 e. The van der Waals surface area contributed by atoms with Crippen LogP contribution in [0.5, 0.6) is 17.2 Å². The Morgan fingerprint density at radius 3 is 2.30 bits per heavy atom. The van der Waals surface area contributed by atoms with Gasteiger partial charge in [-0.3, -0.25) is 4.79 Å². The minimum Gasteiger partial charge on any atom is -0.493 e. The van der Waals surface area contributed by atoms with E-state index >= 15 is 0 Å². The van der Waals surface area contributed by atoms with Crippen LogP contribution in [0.2, 0.25) is 5.02 Å². The second-order valence-corrected chi connectivity index (χ2v) is 5.87. The van der Waals surface area contributed by atoms with Gasteiger partial charge >= 0.3 is 5.97 Å². The molecule has 0 saturated heterocycles. The summed E-state index contributed by atoms with van der Waals surface area (Å²) in [6, 6.07) is 9.67. The first-order valence-electron chi connectivity index (χ1n) is 7.97. The van der Waals surface area contributed by atoms with Crippen LogP contribution in [-0.2, 0) is 9.53 Å².